The topological polar surface area (TPSA) is 24.5 Å². The van der Waals surface area contributed by atoms with Crippen LogP contribution < -0.4 is 10.1 Å². The Morgan fingerprint density at radius 3 is 2.44 bits per heavy atom. The highest BCUT2D eigenvalue weighted by Crippen LogP contribution is 2.25. The molecule has 1 atom stereocenters. The summed E-state index contributed by atoms with van der Waals surface area (Å²) in [4.78, 5) is 2.18. The highest BCUT2D eigenvalue weighted by Gasteiger charge is 2.22. The lowest BCUT2D eigenvalue weighted by atomic mass is 10.1. The maximum atomic E-state index is 6.00. The van der Waals surface area contributed by atoms with Gasteiger partial charge in [-0.05, 0) is 48.0 Å². The lowest BCUT2D eigenvalue weighted by Gasteiger charge is -2.32. The van der Waals surface area contributed by atoms with E-state index in [1.807, 2.05) is 25.2 Å². The van der Waals surface area contributed by atoms with E-state index in [-0.39, 0.29) is 5.54 Å². The van der Waals surface area contributed by atoms with E-state index < -0.39 is 0 Å². The molecule has 102 valence electrons. The first-order valence-corrected chi connectivity index (χ1v) is 6.45. The largest absolute Gasteiger partial charge is 0.491 e. The Morgan fingerprint density at radius 1 is 1.28 bits per heavy atom. The van der Waals surface area contributed by atoms with Crippen molar-refractivity contribution < 1.29 is 4.74 Å². The van der Waals surface area contributed by atoms with Gasteiger partial charge in [0.1, 0.15) is 12.4 Å². The summed E-state index contributed by atoms with van der Waals surface area (Å²) in [6.07, 6.45) is 0. The van der Waals surface area contributed by atoms with Crippen molar-refractivity contribution in [2.24, 2.45) is 0 Å². The second-order valence-electron chi connectivity index (χ2n) is 5.54. The summed E-state index contributed by atoms with van der Waals surface area (Å²) in [6.45, 7) is 7.17. The van der Waals surface area contributed by atoms with Crippen molar-refractivity contribution in [2.45, 2.75) is 32.4 Å². The van der Waals surface area contributed by atoms with Gasteiger partial charge in [0, 0.05) is 17.1 Å². The Balaban J connectivity index is 2.79. The molecule has 0 aliphatic carbocycles. The van der Waals surface area contributed by atoms with Crippen LogP contribution in [0.25, 0.3) is 0 Å². The number of rotatable bonds is 6. The fraction of sp³-hybridized carbons (Fsp3) is 0.600. The first kappa shape index (κ1) is 15.0. The average Bonchev–Trinajstić information content (AvgIpc) is 2.35. The van der Waals surface area contributed by atoms with Gasteiger partial charge >= 0.3 is 0 Å². The van der Waals surface area contributed by atoms with Crippen LogP contribution >= 0.6 is 0 Å². The standard InChI is InChI=1S/C15H26N2O/c1-12(16-4)13-9-7-8-10-14(13)18-11-15(2,3)17(5)6/h7-10,12,16H,11H2,1-6H3. The molecule has 0 spiro atoms. The predicted molar refractivity (Wildman–Crippen MR) is 77.2 cm³/mol. The van der Waals surface area contributed by atoms with E-state index in [0.29, 0.717) is 12.6 Å². The third kappa shape index (κ3) is 3.72. The molecule has 0 saturated carbocycles. The van der Waals surface area contributed by atoms with Crippen molar-refractivity contribution in [2.75, 3.05) is 27.7 Å². The van der Waals surface area contributed by atoms with E-state index >= 15 is 0 Å². The van der Waals surface area contributed by atoms with E-state index in [9.17, 15) is 0 Å². The SMILES string of the molecule is CNC(C)c1ccccc1OCC(C)(C)N(C)C. The molecular weight excluding hydrogens is 224 g/mol. The fourth-order valence-corrected chi connectivity index (χ4v) is 1.51. The normalized spacial score (nSPS) is 13.7. The fourth-order valence-electron chi connectivity index (χ4n) is 1.51. The van der Waals surface area contributed by atoms with Gasteiger partial charge in [-0.3, -0.25) is 0 Å². The van der Waals surface area contributed by atoms with Gasteiger partial charge in [0.05, 0.1) is 0 Å². The van der Waals surface area contributed by atoms with E-state index in [1.165, 1.54) is 5.56 Å². The third-order valence-corrected chi connectivity index (χ3v) is 3.61. The molecule has 0 radical (unpaired) electrons. The molecule has 1 aromatic rings. The zero-order valence-corrected chi connectivity index (χ0v) is 12.4. The number of hydrogen-bond donors (Lipinski definition) is 1. The lowest BCUT2D eigenvalue weighted by molar-refractivity contribution is 0.113. The van der Waals surface area contributed by atoms with Gasteiger partial charge < -0.3 is 15.0 Å². The second kappa shape index (κ2) is 6.21. The summed E-state index contributed by atoms with van der Waals surface area (Å²) in [5.41, 5.74) is 1.23. The molecule has 0 aliphatic rings. The van der Waals surface area contributed by atoms with Gasteiger partial charge in [0.15, 0.2) is 0 Å². The van der Waals surface area contributed by atoms with Crippen molar-refractivity contribution >= 4 is 0 Å². The number of hydrogen-bond acceptors (Lipinski definition) is 3. The number of nitrogens with zero attached hydrogens (tertiary/aromatic N) is 1. The van der Waals surface area contributed by atoms with Gasteiger partial charge in [-0.1, -0.05) is 18.2 Å². The summed E-state index contributed by atoms with van der Waals surface area (Å²) in [5, 5.41) is 3.25. The molecular formula is C15H26N2O. The molecule has 0 aromatic heterocycles. The third-order valence-electron chi connectivity index (χ3n) is 3.61. The quantitative estimate of drug-likeness (QED) is 0.840. The van der Waals surface area contributed by atoms with E-state index in [0.717, 1.165) is 5.75 Å². The minimum atomic E-state index is 0.0238. The van der Waals surface area contributed by atoms with E-state index in [2.05, 4.69) is 51.1 Å². The van der Waals surface area contributed by atoms with Crippen molar-refractivity contribution in [3.63, 3.8) is 0 Å². The molecule has 0 heterocycles. The molecule has 0 amide bonds. The van der Waals surface area contributed by atoms with Crippen molar-refractivity contribution in [3.8, 4) is 5.75 Å². The van der Waals surface area contributed by atoms with Gasteiger partial charge in [-0.15, -0.1) is 0 Å². The molecule has 1 rings (SSSR count). The van der Waals surface area contributed by atoms with Crippen LogP contribution in [0.4, 0.5) is 0 Å². The molecule has 0 aliphatic heterocycles. The number of benzene rings is 1. The van der Waals surface area contributed by atoms with Crippen molar-refractivity contribution in [3.05, 3.63) is 29.8 Å². The van der Waals surface area contributed by atoms with Crippen LogP contribution in [-0.2, 0) is 0 Å². The van der Waals surface area contributed by atoms with Gasteiger partial charge in [-0.25, -0.2) is 0 Å². The lowest BCUT2D eigenvalue weighted by Crippen LogP contribution is -2.43. The number of para-hydroxylation sites is 1. The monoisotopic (exact) mass is 250 g/mol. The molecule has 18 heavy (non-hydrogen) atoms. The predicted octanol–water partition coefficient (Wildman–Crippen LogP) is 2.69. The average molecular weight is 250 g/mol. The minimum absolute atomic E-state index is 0.0238. The van der Waals surface area contributed by atoms with E-state index in [4.69, 9.17) is 4.74 Å². The Kier molecular flexibility index (Phi) is 5.17. The Bertz CT molecular complexity index is 375. The first-order chi connectivity index (χ1) is 8.38. The van der Waals surface area contributed by atoms with Crippen LogP contribution in [0.15, 0.2) is 24.3 Å². The van der Waals surface area contributed by atoms with Crippen molar-refractivity contribution in [1.29, 1.82) is 0 Å². The molecule has 1 aromatic carbocycles. The number of ether oxygens (including phenoxy) is 1. The molecule has 0 bridgehead atoms. The minimum Gasteiger partial charge on any atom is -0.491 e. The van der Waals surface area contributed by atoms with Crippen molar-refractivity contribution in [1.82, 2.24) is 10.2 Å². The molecule has 1 N–H and O–H groups in total. The molecule has 3 nitrogen and oxygen atoms in total. The van der Waals surface area contributed by atoms with Gasteiger partial charge in [-0.2, -0.15) is 0 Å². The molecule has 3 heteroatoms. The van der Waals surface area contributed by atoms with E-state index in [1.54, 1.807) is 0 Å². The summed E-state index contributed by atoms with van der Waals surface area (Å²) in [7, 11) is 6.11. The smallest absolute Gasteiger partial charge is 0.124 e. The maximum Gasteiger partial charge on any atom is 0.124 e. The van der Waals surface area contributed by atoms with Crippen LogP contribution in [0.1, 0.15) is 32.4 Å². The summed E-state index contributed by atoms with van der Waals surface area (Å²) in [5.74, 6) is 0.967. The number of likely N-dealkylation sites (N-methyl/N-ethyl adjacent to an activating group) is 1. The summed E-state index contributed by atoms with van der Waals surface area (Å²) >= 11 is 0. The Hall–Kier alpha value is -1.06. The number of nitrogens with one attached hydrogen (secondary N) is 1. The zero-order chi connectivity index (χ0) is 13.8. The molecule has 1 unspecified atom stereocenters. The van der Waals surface area contributed by atoms with Crippen LogP contribution in [0.3, 0.4) is 0 Å². The highest BCUT2D eigenvalue weighted by molar-refractivity contribution is 5.35. The molecule has 0 fully saturated rings. The van der Waals surface area contributed by atoms with Gasteiger partial charge in [0.25, 0.3) is 0 Å². The maximum absolute atomic E-state index is 6.00. The highest BCUT2D eigenvalue weighted by atomic mass is 16.5. The summed E-state index contributed by atoms with van der Waals surface area (Å²) in [6, 6.07) is 8.51. The van der Waals surface area contributed by atoms with Crippen LogP contribution in [-0.4, -0.2) is 38.2 Å². The Labute approximate surface area is 111 Å². The Morgan fingerprint density at radius 2 is 1.89 bits per heavy atom. The first-order valence-electron chi connectivity index (χ1n) is 6.45. The second-order valence-corrected chi connectivity index (χ2v) is 5.54. The van der Waals surface area contributed by atoms with Crippen LogP contribution in [0, 0.1) is 0 Å². The zero-order valence-electron chi connectivity index (χ0n) is 12.4. The molecule has 0 saturated heterocycles. The van der Waals surface area contributed by atoms with Crippen LogP contribution in [0.5, 0.6) is 5.75 Å². The van der Waals surface area contributed by atoms with Gasteiger partial charge in [0.2, 0.25) is 0 Å². The van der Waals surface area contributed by atoms with Crippen LogP contribution in [0.2, 0.25) is 0 Å². The summed E-state index contributed by atoms with van der Waals surface area (Å²) < 4.78 is 6.00.